The van der Waals surface area contributed by atoms with Gasteiger partial charge in [0.05, 0.1) is 22.3 Å². The Kier molecular flexibility index (Phi) is 5.70. The number of carbonyl (C=O) groups excluding carboxylic acids is 1. The van der Waals surface area contributed by atoms with Crippen LogP contribution in [-0.4, -0.2) is 25.5 Å². The van der Waals surface area contributed by atoms with Crippen LogP contribution in [0.15, 0.2) is 78.0 Å². The van der Waals surface area contributed by atoms with Crippen LogP contribution < -0.4 is 5.32 Å². The van der Waals surface area contributed by atoms with E-state index in [2.05, 4.69) is 20.5 Å². The van der Waals surface area contributed by atoms with E-state index in [1.165, 1.54) is 6.07 Å². The topological polar surface area (TPSA) is 75.1 Å². The number of benzene rings is 3. The van der Waals surface area contributed by atoms with Crippen LogP contribution in [0.25, 0.3) is 16.8 Å². The molecule has 0 aliphatic rings. The number of rotatable bonds is 5. The quantitative estimate of drug-likeness (QED) is 0.275. The van der Waals surface area contributed by atoms with Crippen molar-refractivity contribution in [1.29, 1.82) is 0 Å². The molecular formula is C23H15ClF3N5OS. The smallest absolute Gasteiger partial charge is 0.324 e. The Hall–Kier alpha value is -3.50. The Morgan fingerprint density at radius 2 is 1.79 bits per heavy atom. The maximum Gasteiger partial charge on any atom is 0.418 e. The van der Waals surface area contributed by atoms with Gasteiger partial charge in [0.25, 0.3) is 0 Å². The number of amides is 1. The average Bonchev–Trinajstić information content (AvgIpc) is 3.38. The van der Waals surface area contributed by atoms with Crippen molar-refractivity contribution in [2.24, 2.45) is 0 Å². The second-order valence-corrected chi connectivity index (χ2v) is 8.86. The summed E-state index contributed by atoms with van der Waals surface area (Å²) in [5.41, 5.74) is 0.748. The van der Waals surface area contributed by atoms with Crippen LogP contribution in [0.2, 0.25) is 5.02 Å². The number of alkyl halides is 3. The molecule has 3 aromatic carbocycles. The predicted octanol–water partition coefficient (Wildman–Crippen LogP) is 6.35. The highest BCUT2D eigenvalue weighted by molar-refractivity contribution is 8.00. The van der Waals surface area contributed by atoms with Crippen LogP contribution in [0.4, 0.5) is 18.9 Å². The molecule has 2 N–H and O–H groups in total. The molecule has 0 saturated carbocycles. The van der Waals surface area contributed by atoms with E-state index >= 15 is 0 Å². The maximum absolute atomic E-state index is 13.6. The van der Waals surface area contributed by atoms with Crippen LogP contribution in [0, 0.1) is 0 Å². The molecule has 0 radical (unpaired) electrons. The highest BCUT2D eigenvalue weighted by Crippen LogP contribution is 2.39. The Balaban J connectivity index is 1.54. The Morgan fingerprint density at radius 3 is 2.56 bits per heavy atom. The number of aromatic nitrogens is 4. The fourth-order valence-electron chi connectivity index (χ4n) is 3.59. The minimum atomic E-state index is -4.69. The van der Waals surface area contributed by atoms with Gasteiger partial charge in [-0.05, 0) is 35.9 Å². The number of nitrogens with zero attached hydrogens (tertiary/aromatic N) is 3. The monoisotopic (exact) mass is 501 g/mol. The number of halogens is 4. The molecule has 1 atom stereocenters. The van der Waals surface area contributed by atoms with E-state index < -0.39 is 22.9 Å². The van der Waals surface area contributed by atoms with Crippen molar-refractivity contribution < 1.29 is 18.0 Å². The van der Waals surface area contributed by atoms with Crippen molar-refractivity contribution in [1.82, 2.24) is 19.6 Å². The number of aromatic amines is 1. The van der Waals surface area contributed by atoms with Crippen molar-refractivity contribution in [3.63, 3.8) is 0 Å². The van der Waals surface area contributed by atoms with Gasteiger partial charge in [0.15, 0.2) is 5.16 Å². The van der Waals surface area contributed by atoms with Gasteiger partial charge in [-0.15, -0.1) is 5.10 Å². The number of para-hydroxylation sites is 2. The first-order valence-electron chi connectivity index (χ1n) is 10.0. The number of fused-ring (bicyclic) bond motifs is 3. The molecule has 11 heteroatoms. The molecule has 34 heavy (non-hydrogen) atoms. The number of hydrogen-bond acceptors (Lipinski definition) is 4. The molecule has 5 rings (SSSR count). The summed E-state index contributed by atoms with van der Waals surface area (Å²) in [6.07, 6.45) is -4.69. The van der Waals surface area contributed by atoms with Crippen LogP contribution >= 0.6 is 23.4 Å². The van der Waals surface area contributed by atoms with E-state index in [-0.39, 0.29) is 10.7 Å². The largest absolute Gasteiger partial charge is 0.418 e. The van der Waals surface area contributed by atoms with Gasteiger partial charge in [-0.2, -0.15) is 13.2 Å². The SMILES string of the molecule is O=C(Nc1ccc(Cl)cc1C(F)(F)F)[C@H](Sc1n[nH]c2nc3ccccc3n12)c1ccccc1. The molecule has 172 valence electrons. The number of anilines is 1. The van der Waals surface area contributed by atoms with E-state index in [0.717, 1.165) is 34.9 Å². The number of thioether (sulfide) groups is 1. The molecule has 0 spiro atoms. The summed E-state index contributed by atoms with van der Waals surface area (Å²) >= 11 is 6.87. The molecule has 2 heterocycles. The molecule has 0 aliphatic heterocycles. The molecule has 0 aliphatic carbocycles. The minimum Gasteiger partial charge on any atom is -0.324 e. The van der Waals surface area contributed by atoms with Crippen molar-refractivity contribution in [2.45, 2.75) is 16.6 Å². The lowest BCUT2D eigenvalue weighted by Gasteiger charge is -2.19. The Bertz CT molecular complexity index is 1500. The number of carbonyl (C=O) groups is 1. The van der Waals surface area contributed by atoms with Crippen LogP contribution in [-0.2, 0) is 11.0 Å². The summed E-state index contributed by atoms with van der Waals surface area (Å²) in [5.74, 6) is -0.141. The van der Waals surface area contributed by atoms with Crippen LogP contribution in [0.5, 0.6) is 0 Å². The molecule has 0 saturated heterocycles. The molecule has 2 aromatic heterocycles. The lowest BCUT2D eigenvalue weighted by atomic mass is 10.1. The first-order valence-corrected chi connectivity index (χ1v) is 11.3. The van der Waals surface area contributed by atoms with Gasteiger partial charge in [0.1, 0.15) is 5.25 Å². The van der Waals surface area contributed by atoms with Gasteiger partial charge in [-0.25, -0.2) is 10.1 Å². The van der Waals surface area contributed by atoms with Crippen molar-refractivity contribution in [3.8, 4) is 0 Å². The first-order chi connectivity index (χ1) is 16.3. The molecule has 0 bridgehead atoms. The maximum atomic E-state index is 13.6. The zero-order chi connectivity index (χ0) is 23.9. The van der Waals surface area contributed by atoms with Crippen molar-refractivity contribution in [3.05, 3.63) is 88.9 Å². The third-order valence-corrected chi connectivity index (χ3v) is 6.55. The summed E-state index contributed by atoms with van der Waals surface area (Å²) in [4.78, 5) is 17.8. The molecular weight excluding hydrogens is 487 g/mol. The summed E-state index contributed by atoms with van der Waals surface area (Å²) in [6, 6.07) is 19.5. The van der Waals surface area contributed by atoms with Crippen molar-refractivity contribution in [2.75, 3.05) is 5.32 Å². The Morgan fingerprint density at radius 1 is 1.06 bits per heavy atom. The number of nitrogens with one attached hydrogen (secondary N) is 2. The van der Waals surface area contributed by atoms with Crippen LogP contribution in [0.1, 0.15) is 16.4 Å². The molecule has 6 nitrogen and oxygen atoms in total. The summed E-state index contributed by atoms with van der Waals surface area (Å²) in [5, 5.41) is 9.04. The fourth-order valence-corrected chi connectivity index (χ4v) is 4.82. The first kappa shape index (κ1) is 22.3. The van der Waals surface area contributed by atoms with E-state index in [1.54, 1.807) is 34.7 Å². The van der Waals surface area contributed by atoms with Crippen LogP contribution in [0.3, 0.4) is 0 Å². The third kappa shape index (κ3) is 4.22. The molecule has 5 aromatic rings. The van der Waals surface area contributed by atoms with Gasteiger partial charge in [-0.1, -0.05) is 65.8 Å². The molecule has 1 amide bonds. The average molecular weight is 502 g/mol. The second kappa shape index (κ2) is 8.69. The fraction of sp³-hybridized carbons (Fsp3) is 0.0870. The second-order valence-electron chi connectivity index (χ2n) is 7.35. The highest BCUT2D eigenvalue weighted by Gasteiger charge is 2.35. The molecule has 0 unspecified atom stereocenters. The van der Waals surface area contributed by atoms with Crippen molar-refractivity contribution >= 4 is 51.8 Å². The lowest BCUT2D eigenvalue weighted by Crippen LogP contribution is -2.21. The minimum absolute atomic E-state index is 0.0785. The van der Waals surface area contributed by atoms with Gasteiger partial charge in [-0.3, -0.25) is 9.20 Å². The van der Waals surface area contributed by atoms with Gasteiger partial charge >= 0.3 is 6.18 Å². The number of imidazole rings is 1. The van der Waals surface area contributed by atoms with E-state index in [9.17, 15) is 18.0 Å². The number of hydrogen-bond donors (Lipinski definition) is 2. The van der Waals surface area contributed by atoms with E-state index in [0.29, 0.717) is 16.5 Å². The predicted molar refractivity (Wildman–Crippen MR) is 125 cm³/mol. The van der Waals surface area contributed by atoms with E-state index in [1.807, 2.05) is 24.3 Å². The summed E-state index contributed by atoms with van der Waals surface area (Å²) < 4.78 is 42.4. The highest BCUT2D eigenvalue weighted by atomic mass is 35.5. The van der Waals surface area contributed by atoms with E-state index in [4.69, 9.17) is 11.6 Å². The normalized spacial score (nSPS) is 12.8. The lowest BCUT2D eigenvalue weighted by molar-refractivity contribution is -0.137. The third-order valence-electron chi connectivity index (χ3n) is 5.11. The zero-order valence-corrected chi connectivity index (χ0v) is 18.7. The standard InChI is InChI=1S/C23H15ClF3N5OS/c24-14-10-11-16(15(12-14)23(25,26)27)28-20(33)19(13-6-2-1-3-7-13)34-22-31-30-21-29-17-8-4-5-9-18(17)32(21)22/h1-12,19H,(H,28,33)(H,29,30)/t19-/m1/s1. The number of H-pyrrole nitrogens is 1. The molecule has 0 fully saturated rings. The Labute approximate surface area is 200 Å². The van der Waals surface area contributed by atoms with Gasteiger partial charge in [0, 0.05) is 5.02 Å². The summed E-state index contributed by atoms with van der Waals surface area (Å²) in [6.45, 7) is 0. The van der Waals surface area contributed by atoms with Gasteiger partial charge in [0.2, 0.25) is 11.7 Å². The zero-order valence-electron chi connectivity index (χ0n) is 17.2. The summed E-state index contributed by atoms with van der Waals surface area (Å²) in [7, 11) is 0. The van der Waals surface area contributed by atoms with Gasteiger partial charge < -0.3 is 5.32 Å².